The zero-order chi connectivity index (χ0) is 12.0. The van der Waals surface area contributed by atoms with Crippen molar-refractivity contribution in [2.24, 2.45) is 0 Å². The van der Waals surface area contributed by atoms with Crippen molar-refractivity contribution in [2.45, 2.75) is 18.4 Å². The number of ether oxygens (including phenoxy) is 1. The van der Waals surface area contributed by atoms with Crippen molar-refractivity contribution in [3.05, 3.63) is 28.2 Å². The minimum absolute atomic E-state index is 0.155. The van der Waals surface area contributed by atoms with Crippen molar-refractivity contribution in [2.75, 3.05) is 20.1 Å². The van der Waals surface area contributed by atoms with Gasteiger partial charge in [0.15, 0.2) is 5.60 Å². The van der Waals surface area contributed by atoms with Gasteiger partial charge in [0.2, 0.25) is 5.78 Å². The molecule has 1 aromatic rings. The Balaban J connectivity index is 1.96. The number of likely N-dealkylation sites (tertiary alicyclic amines) is 1. The summed E-state index contributed by atoms with van der Waals surface area (Å²) in [4.78, 5) is 14.7. The van der Waals surface area contributed by atoms with Gasteiger partial charge < -0.3 is 9.64 Å². The van der Waals surface area contributed by atoms with Crippen LogP contribution in [-0.4, -0.2) is 36.4 Å². The highest BCUT2D eigenvalue weighted by Gasteiger charge is 2.49. The molecule has 0 atom stereocenters. The Hall–Kier alpha value is -0.870. The number of nitrogens with zero attached hydrogens (tertiary/aromatic N) is 1. The smallest absolute Gasteiger partial charge is 0.210 e. The molecule has 3 nitrogen and oxygen atoms in total. The standard InChI is InChI=1S/C13H14BrNO2/c1-15-6-4-13(5-7-15)12(16)10-8-9(14)2-3-11(10)17-13/h2-3,8H,4-7H2,1H3. The lowest BCUT2D eigenvalue weighted by Gasteiger charge is -2.35. The van der Waals surface area contributed by atoms with E-state index >= 15 is 0 Å². The van der Waals surface area contributed by atoms with E-state index in [1.807, 2.05) is 18.2 Å². The molecule has 2 heterocycles. The zero-order valence-electron chi connectivity index (χ0n) is 9.70. The van der Waals surface area contributed by atoms with E-state index in [0.29, 0.717) is 0 Å². The Morgan fingerprint density at radius 2 is 2.06 bits per heavy atom. The Bertz CT molecular complexity index is 478. The average molecular weight is 296 g/mol. The zero-order valence-corrected chi connectivity index (χ0v) is 11.3. The van der Waals surface area contributed by atoms with Crippen molar-refractivity contribution in [1.29, 1.82) is 0 Å². The monoisotopic (exact) mass is 295 g/mol. The summed E-state index contributed by atoms with van der Waals surface area (Å²) in [6.45, 7) is 1.84. The molecule has 0 aromatic heterocycles. The first-order valence-corrected chi connectivity index (χ1v) is 6.62. The highest BCUT2D eigenvalue weighted by Crippen LogP contribution is 2.41. The van der Waals surface area contributed by atoms with Crippen LogP contribution in [0.3, 0.4) is 0 Å². The molecule has 2 aliphatic heterocycles. The molecule has 0 aliphatic carbocycles. The van der Waals surface area contributed by atoms with Crippen LogP contribution in [0.1, 0.15) is 23.2 Å². The number of fused-ring (bicyclic) bond motifs is 1. The van der Waals surface area contributed by atoms with Crippen molar-refractivity contribution in [3.8, 4) is 5.75 Å². The molecule has 2 aliphatic rings. The van der Waals surface area contributed by atoms with Crippen LogP contribution < -0.4 is 4.74 Å². The molecular formula is C13H14BrNO2. The Kier molecular flexibility index (Phi) is 2.52. The fourth-order valence-corrected chi connectivity index (χ4v) is 2.94. The number of carbonyl (C=O) groups excluding carboxylic acids is 1. The van der Waals surface area contributed by atoms with Crippen molar-refractivity contribution in [3.63, 3.8) is 0 Å². The van der Waals surface area contributed by atoms with Gasteiger partial charge in [-0.15, -0.1) is 0 Å². The number of piperidine rings is 1. The third-order valence-corrected chi connectivity index (χ3v) is 4.19. The molecule has 3 rings (SSSR count). The highest BCUT2D eigenvalue weighted by atomic mass is 79.9. The SMILES string of the molecule is CN1CCC2(CC1)Oc1ccc(Br)cc1C2=O. The lowest BCUT2D eigenvalue weighted by Crippen LogP contribution is -2.49. The first-order chi connectivity index (χ1) is 8.11. The van der Waals surface area contributed by atoms with Gasteiger partial charge in [-0.2, -0.15) is 0 Å². The predicted molar refractivity (Wildman–Crippen MR) is 68.6 cm³/mol. The van der Waals surface area contributed by atoms with Crippen LogP contribution in [0.5, 0.6) is 5.75 Å². The Morgan fingerprint density at radius 1 is 1.35 bits per heavy atom. The van der Waals surface area contributed by atoms with Crippen molar-refractivity contribution >= 4 is 21.7 Å². The lowest BCUT2D eigenvalue weighted by atomic mass is 9.86. The highest BCUT2D eigenvalue weighted by molar-refractivity contribution is 9.10. The summed E-state index contributed by atoms with van der Waals surface area (Å²) in [6, 6.07) is 5.66. The quantitative estimate of drug-likeness (QED) is 0.736. The molecule has 0 radical (unpaired) electrons. The van der Waals surface area contributed by atoms with Gasteiger partial charge in [-0.1, -0.05) is 15.9 Å². The molecule has 0 N–H and O–H groups in total. The number of rotatable bonds is 0. The number of halogens is 1. The molecule has 0 bridgehead atoms. The first-order valence-electron chi connectivity index (χ1n) is 5.83. The van der Waals surface area contributed by atoms with Crippen LogP contribution in [0.15, 0.2) is 22.7 Å². The molecule has 1 saturated heterocycles. The van der Waals surface area contributed by atoms with Crippen LogP contribution in [0, 0.1) is 0 Å². The fourth-order valence-electron chi connectivity index (χ4n) is 2.58. The van der Waals surface area contributed by atoms with Gasteiger partial charge in [0.25, 0.3) is 0 Å². The molecule has 1 spiro atoms. The Labute approximate surface area is 109 Å². The number of ketones is 1. The maximum Gasteiger partial charge on any atom is 0.210 e. The van der Waals surface area contributed by atoms with E-state index in [2.05, 4.69) is 27.9 Å². The van der Waals surface area contributed by atoms with E-state index in [1.54, 1.807) is 0 Å². The first kappa shape index (κ1) is 11.2. The van der Waals surface area contributed by atoms with Crippen molar-refractivity contribution in [1.82, 2.24) is 4.90 Å². The molecule has 1 aromatic carbocycles. The third-order valence-electron chi connectivity index (χ3n) is 3.70. The molecule has 1 fully saturated rings. The molecule has 0 saturated carbocycles. The lowest BCUT2D eigenvalue weighted by molar-refractivity contribution is 0.0253. The molecule has 0 unspecified atom stereocenters. The molecular weight excluding hydrogens is 282 g/mol. The number of hydrogen-bond donors (Lipinski definition) is 0. The van der Waals surface area contributed by atoms with Gasteiger partial charge in [-0.25, -0.2) is 0 Å². The van der Waals surface area contributed by atoms with E-state index in [1.165, 1.54) is 0 Å². The summed E-state index contributed by atoms with van der Waals surface area (Å²) >= 11 is 3.40. The number of Topliss-reactive ketones (excluding diaryl/α,β-unsaturated/α-hetero) is 1. The summed E-state index contributed by atoms with van der Waals surface area (Å²) in [7, 11) is 2.08. The van der Waals surface area contributed by atoms with Crippen LogP contribution in [0.25, 0.3) is 0 Å². The normalized spacial score (nSPS) is 22.6. The van der Waals surface area contributed by atoms with E-state index in [-0.39, 0.29) is 5.78 Å². The van der Waals surface area contributed by atoms with Gasteiger partial charge in [-0.3, -0.25) is 4.79 Å². The third kappa shape index (κ3) is 1.70. The van der Waals surface area contributed by atoms with E-state index in [9.17, 15) is 4.79 Å². The van der Waals surface area contributed by atoms with Gasteiger partial charge in [0.1, 0.15) is 5.75 Å². The predicted octanol–water partition coefficient (Wildman–Crippen LogP) is 2.49. The van der Waals surface area contributed by atoms with E-state index in [4.69, 9.17) is 4.74 Å². The summed E-state index contributed by atoms with van der Waals surface area (Å²) in [6.07, 6.45) is 1.57. The largest absolute Gasteiger partial charge is 0.478 e. The molecule has 4 heteroatoms. The van der Waals surface area contributed by atoms with Crippen LogP contribution >= 0.6 is 15.9 Å². The molecule has 17 heavy (non-hydrogen) atoms. The van der Waals surface area contributed by atoms with Crippen LogP contribution in [-0.2, 0) is 0 Å². The second-order valence-electron chi connectivity index (χ2n) is 4.87. The summed E-state index contributed by atoms with van der Waals surface area (Å²) in [5.41, 5.74) is 0.138. The average Bonchev–Trinajstić information content (AvgIpc) is 2.58. The number of hydrogen-bond acceptors (Lipinski definition) is 3. The van der Waals surface area contributed by atoms with Crippen molar-refractivity contribution < 1.29 is 9.53 Å². The van der Waals surface area contributed by atoms with Gasteiger partial charge >= 0.3 is 0 Å². The molecule has 0 amide bonds. The summed E-state index contributed by atoms with van der Waals surface area (Å²) in [5.74, 6) is 0.893. The van der Waals surface area contributed by atoms with Gasteiger partial charge in [0, 0.05) is 30.4 Å². The van der Waals surface area contributed by atoms with Gasteiger partial charge in [0.05, 0.1) is 5.56 Å². The topological polar surface area (TPSA) is 29.5 Å². The second-order valence-corrected chi connectivity index (χ2v) is 5.78. The van der Waals surface area contributed by atoms with E-state index < -0.39 is 5.60 Å². The summed E-state index contributed by atoms with van der Waals surface area (Å²) in [5, 5.41) is 0. The maximum absolute atomic E-state index is 12.5. The summed E-state index contributed by atoms with van der Waals surface area (Å²) < 4.78 is 6.88. The number of carbonyl (C=O) groups is 1. The second kappa shape index (κ2) is 3.82. The minimum atomic E-state index is -0.588. The Morgan fingerprint density at radius 3 is 2.76 bits per heavy atom. The fraction of sp³-hybridized carbons (Fsp3) is 0.462. The van der Waals surface area contributed by atoms with Gasteiger partial charge in [-0.05, 0) is 25.2 Å². The maximum atomic E-state index is 12.5. The van der Waals surface area contributed by atoms with Crippen LogP contribution in [0.2, 0.25) is 0 Å². The van der Waals surface area contributed by atoms with Crippen LogP contribution in [0.4, 0.5) is 0 Å². The number of benzene rings is 1. The minimum Gasteiger partial charge on any atom is -0.478 e. The molecule has 90 valence electrons. The van der Waals surface area contributed by atoms with E-state index in [0.717, 1.165) is 41.7 Å².